The average Bonchev–Trinajstić information content (AvgIpc) is 3.00. The molecule has 5 nitrogen and oxygen atoms in total. The van der Waals surface area contributed by atoms with Crippen LogP contribution in [0.2, 0.25) is 0 Å². The Bertz CT molecular complexity index is 729. The molecule has 0 radical (unpaired) electrons. The number of hydrogen-bond acceptors (Lipinski definition) is 3. The van der Waals surface area contributed by atoms with E-state index in [-0.39, 0.29) is 12.0 Å². The van der Waals surface area contributed by atoms with Gasteiger partial charge in [0, 0.05) is 30.5 Å². The smallest absolute Gasteiger partial charge is 0.308 e. The van der Waals surface area contributed by atoms with Gasteiger partial charge in [-0.1, -0.05) is 6.07 Å². The standard InChI is InChI=1S/C16H17N3O2/c1-11-13(16(20)21)5-7-18(11)9-12-10-19-6-3-2-4-15(19)14(12)8-17/h2-4,6,10-11,13H,5,7,9H2,1H3,(H,20,21). The maximum atomic E-state index is 11.2. The van der Waals surface area contributed by atoms with Crippen molar-refractivity contribution in [1.82, 2.24) is 9.30 Å². The summed E-state index contributed by atoms with van der Waals surface area (Å²) < 4.78 is 1.95. The van der Waals surface area contributed by atoms with Gasteiger partial charge in [0.1, 0.15) is 6.07 Å². The molecule has 1 aliphatic rings. The number of carbonyl (C=O) groups is 1. The molecule has 1 N–H and O–H groups in total. The monoisotopic (exact) mass is 283 g/mol. The molecule has 1 fully saturated rings. The first-order valence-electron chi connectivity index (χ1n) is 7.07. The van der Waals surface area contributed by atoms with Crippen molar-refractivity contribution in [2.75, 3.05) is 6.54 Å². The van der Waals surface area contributed by atoms with Gasteiger partial charge in [0.25, 0.3) is 0 Å². The van der Waals surface area contributed by atoms with E-state index in [1.807, 2.05) is 41.9 Å². The van der Waals surface area contributed by atoms with Gasteiger partial charge in [-0.25, -0.2) is 0 Å². The maximum absolute atomic E-state index is 11.2. The van der Waals surface area contributed by atoms with Crippen LogP contribution in [0.1, 0.15) is 24.5 Å². The highest BCUT2D eigenvalue weighted by molar-refractivity contribution is 5.71. The lowest BCUT2D eigenvalue weighted by atomic mass is 10.0. The molecule has 21 heavy (non-hydrogen) atoms. The summed E-state index contributed by atoms with van der Waals surface area (Å²) in [6, 6.07) is 8.04. The highest BCUT2D eigenvalue weighted by atomic mass is 16.4. The van der Waals surface area contributed by atoms with Gasteiger partial charge in [0.15, 0.2) is 0 Å². The minimum absolute atomic E-state index is 0.00273. The number of hydrogen-bond donors (Lipinski definition) is 1. The minimum Gasteiger partial charge on any atom is -0.481 e. The van der Waals surface area contributed by atoms with Crippen LogP contribution in [-0.4, -0.2) is 33.0 Å². The third-order valence-electron chi connectivity index (χ3n) is 4.45. The molecule has 3 rings (SSSR count). The summed E-state index contributed by atoms with van der Waals surface area (Å²) in [6.07, 6.45) is 4.56. The SMILES string of the molecule is CC1C(C(=O)O)CCN1Cc1cn2ccccc2c1C#N. The molecule has 2 aromatic heterocycles. The lowest BCUT2D eigenvalue weighted by Crippen LogP contribution is -2.32. The van der Waals surface area contributed by atoms with Crippen molar-refractivity contribution in [2.45, 2.75) is 25.9 Å². The predicted octanol–water partition coefficient (Wildman–Crippen LogP) is 2.11. The minimum atomic E-state index is -0.729. The van der Waals surface area contributed by atoms with E-state index in [2.05, 4.69) is 11.0 Å². The molecule has 0 aliphatic carbocycles. The molecule has 5 heteroatoms. The van der Waals surface area contributed by atoms with Crippen molar-refractivity contribution in [1.29, 1.82) is 5.26 Å². The number of nitriles is 1. The second-order valence-corrected chi connectivity index (χ2v) is 5.58. The summed E-state index contributed by atoms with van der Waals surface area (Å²) in [5.74, 6) is -1.04. The van der Waals surface area contributed by atoms with E-state index in [0.717, 1.165) is 17.6 Å². The van der Waals surface area contributed by atoms with E-state index in [4.69, 9.17) is 0 Å². The number of rotatable bonds is 3. The molecule has 0 aromatic carbocycles. The summed E-state index contributed by atoms with van der Waals surface area (Å²) in [4.78, 5) is 13.3. The Labute approximate surface area is 123 Å². The Morgan fingerprint density at radius 1 is 1.52 bits per heavy atom. The second-order valence-electron chi connectivity index (χ2n) is 5.58. The highest BCUT2D eigenvalue weighted by Gasteiger charge is 2.35. The molecule has 0 bridgehead atoms. The maximum Gasteiger partial charge on any atom is 0.308 e. The number of aromatic nitrogens is 1. The van der Waals surface area contributed by atoms with E-state index in [9.17, 15) is 15.2 Å². The molecule has 0 amide bonds. The van der Waals surface area contributed by atoms with Crippen LogP contribution in [0.15, 0.2) is 30.6 Å². The Balaban J connectivity index is 1.89. The summed E-state index contributed by atoms with van der Waals surface area (Å²) >= 11 is 0. The lowest BCUT2D eigenvalue weighted by molar-refractivity contribution is -0.142. The zero-order chi connectivity index (χ0) is 15.0. The summed E-state index contributed by atoms with van der Waals surface area (Å²) in [5.41, 5.74) is 2.54. The molecule has 1 aliphatic heterocycles. The van der Waals surface area contributed by atoms with Crippen LogP contribution in [0.3, 0.4) is 0 Å². The fraction of sp³-hybridized carbons (Fsp3) is 0.375. The van der Waals surface area contributed by atoms with Crippen LogP contribution < -0.4 is 0 Å². The van der Waals surface area contributed by atoms with E-state index < -0.39 is 5.97 Å². The van der Waals surface area contributed by atoms with Gasteiger partial charge < -0.3 is 9.51 Å². The molecule has 2 aromatic rings. The highest BCUT2D eigenvalue weighted by Crippen LogP contribution is 2.28. The van der Waals surface area contributed by atoms with Crippen molar-refractivity contribution < 1.29 is 9.90 Å². The summed E-state index contributed by atoms with van der Waals surface area (Å²) in [5, 5.41) is 18.6. The van der Waals surface area contributed by atoms with Crippen LogP contribution >= 0.6 is 0 Å². The largest absolute Gasteiger partial charge is 0.481 e. The number of nitrogens with zero attached hydrogens (tertiary/aromatic N) is 3. The summed E-state index contributed by atoms with van der Waals surface area (Å²) in [7, 11) is 0. The van der Waals surface area contributed by atoms with Crippen molar-refractivity contribution in [3.05, 3.63) is 41.7 Å². The Morgan fingerprint density at radius 3 is 3.00 bits per heavy atom. The average molecular weight is 283 g/mol. The Kier molecular flexibility index (Phi) is 3.40. The third kappa shape index (κ3) is 2.28. The van der Waals surface area contributed by atoms with Gasteiger partial charge in [-0.15, -0.1) is 0 Å². The second kappa shape index (κ2) is 5.23. The number of fused-ring (bicyclic) bond motifs is 1. The first kappa shape index (κ1) is 13.7. The van der Waals surface area contributed by atoms with E-state index in [1.54, 1.807) is 0 Å². The zero-order valence-electron chi connectivity index (χ0n) is 11.9. The summed E-state index contributed by atoms with van der Waals surface area (Å²) in [6.45, 7) is 3.33. The Hall–Kier alpha value is -2.32. The van der Waals surface area contributed by atoms with Gasteiger partial charge in [-0.3, -0.25) is 9.69 Å². The molecule has 3 heterocycles. The van der Waals surface area contributed by atoms with Gasteiger partial charge in [0.2, 0.25) is 0 Å². The number of carboxylic acid groups (broad SMARTS) is 1. The first-order valence-corrected chi connectivity index (χ1v) is 7.07. The van der Waals surface area contributed by atoms with E-state index in [0.29, 0.717) is 18.5 Å². The first-order chi connectivity index (χ1) is 10.1. The van der Waals surface area contributed by atoms with Crippen molar-refractivity contribution in [3.63, 3.8) is 0 Å². The molecular weight excluding hydrogens is 266 g/mol. The fourth-order valence-corrected chi connectivity index (χ4v) is 3.20. The van der Waals surface area contributed by atoms with Crippen molar-refractivity contribution >= 4 is 11.5 Å². The number of carboxylic acids is 1. The quantitative estimate of drug-likeness (QED) is 0.936. The topological polar surface area (TPSA) is 68.7 Å². The van der Waals surface area contributed by atoms with E-state index >= 15 is 0 Å². The van der Waals surface area contributed by atoms with Crippen LogP contribution in [-0.2, 0) is 11.3 Å². The molecule has 2 atom stereocenters. The third-order valence-corrected chi connectivity index (χ3v) is 4.45. The van der Waals surface area contributed by atoms with E-state index in [1.165, 1.54) is 0 Å². The van der Waals surface area contributed by atoms with Crippen LogP contribution in [0.25, 0.3) is 5.52 Å². The molecule has 0 spiro atoms. The van der Waals surface area contributed by atoms with Crippen LogP contribution in [0.4, 0.5) is 0 Å². The Morgan fingerprint density at radius 2 is 2.33 bits per heavy atom. The van der Waals surface area contributed by atoms with Gasteiger partial charge in [0.05, 0.1) is 17.0 Å². The molecule has 1 saturated heterocycles. The molecular formula is C16H17N3O2. The molecule has 0 saturated carbocycles. The van der Waals surface area contributed by atoms with Crippen LogP contribution in [0.5, 0.6) is 0 Å². The normalized spacial score (nSPS) is 22.5. The number of pyridine rings is 1. The predicted molar refractivity (Wildman–Crippen MR) is 77.7 cm³/mol. The molecule has 108 valence electrons. The molecule has 2 unspecified atom stereocenters. The lowest BCUT2D eigenvalue weighted by Gasteiger charge is -2.22. The van der Waals surface area contributed by atoms with Gasteiger partial charge >= 0.3 is 5.97 Å². The number of aliphatic carboxylic acids is 1. The van der Waals surface area contributed by atoms with Crippen LogP contribution in [0, 0.1) is 17.2 Å². The van der Waals surface area contributed by atoms with Crippen molar-refractivity contribution in [2.24, 2.45) is 5.92 Å². The van der Waals surface area contributed by atoms with Crippen molar-refractivity contribution in [3.8, 4) is 6.07 Å². The number of likely N-dealkylation sites (tertiary alicyclic amines) is 1. The zero-order valence-corrected chi connectivity index (χ0v) is 11.9. The van der Waals surface area contributed by atoms with Gasteiger partial charge in [-0.2, -0.15) is 5.26 Å². The fourth-order valence-electron chi connectivity index (χ4n) is 3.20. The van der Waals surface area contributed by atoms with Gasteiger partial charge in [-0.05, 0) is 32.0 Å².